The smallest absolute Gasteiger partial charge is 0.251 e. The highest BCUT2D eigenvalue weighted by Gasteiger charge is 2.28. The lowest BCUT2D eigenvalue weighted by Crippen LogP contribution is -2.29. The molecule has 0 bridgehead atoms. The van der Waals surface area contributed by atoms with Gasteiger partial charge in [0.15, 0.2) is 0 Å². The van der Waals surface area contributed by atoms with Crippen LogP contribution in [0.1, 0.15) is 27.0 Å². The van der Waals surface area contributed by atoms with Gasteiger partial charge >= 0.3 is 0 Å². The number of nitrogens with two attached hydrogens (primary N) is 1. The molecule has 2 aromatic carbocycles. The van der Waals surface area contributed by atoms with Crippen molar-refractivity contribution < 1.29 is 9.53 Å². The standard InChI is InChI=1S/C28H24N6O2/c29-28-31-9-7-23(34-28)18-3-4-19-13-25(33-24(19)12-18)22-11-21-10-20(5-6-26(21)36-16-22)27(35)32-15-17-2-1-8-30-14-17/h1-10,12,14,22H,11,13,15-16H2,(H,32,35)(H2,29,31,34). The van der Waals surface area contributed by atoms with E-state index in [4.69, 9.17) is 15.5 Å². The van der Waals surface area contributed by atoms with Crippen LogP contribution in [0.15, 0.2) is 78.2 Å². The van der Waals surface area contributed by atoms with E-state index in [0.29, 0.717) is 18.7 Å². The van der Waals surface area contributed by atoms with Gasteiger partial charge in [0, 0.05) is 54.3 Å². The van der Waals surface area contributed by atoms with E-state index in [0.717, 1.165) is 52.4 Å². The summed E-state index contributed by atoms with van der Waals surface area (Å²) in [6.45, 7) is 1.00. The molecule has 2 aliphatic heterocycles. The highest BCUT2D eigenvalue weighted by Crippen LogP contribution is 2.36. The van der Waals surface area contributed by atoms with Crippen LogP contribution in [0.25, 0.3) is 11.3 Å². The molecule has 0 saturated carbocycles. The number of anilines is 1. The maximum atomic E-state index is 12.7. The fourth-order valence-corrected chi connectivity index (χ4v) is 4.67. The number of nitrogens with one attached hydrogen (secondary N) is 1. The summed E-state index contributed by atoms with van der Waals surface area (Å²) < 4.78 is 6.07. The molecule has 1 atom stereocenters. The number of carbonyl (C=O) groups excluding carboxylic acids is 1. The van der Waals surface area contributed by atoms with Gasteiger partial charge in [-0.2, -0.15) is 0 Å². The first-order valence-corrected chi connectivity index (χ1v) is 11.8. The van der Waals surface area contributed by atoms with E-state index in [1.54, 1.807) is 18.6 Å². The van der Waals surface area contributed by atoms with E-state index in [-0.39, 0.29) is 17.8 Å². The molecule has 0 spiro atoms. The Morgan fingerprint density at radius 1 is 1.08 bits per heavy atom. The van der Waals surface area contributed by atoms with Crippen molar-refractivity contribution in [3.8, 4) is 17.0 Å². The van der Waals surface area contributed by atoms with Crippen molar-refractivity contribution >= 4 is 23.3 Å². The Hall–Kier alpha value is -4.59. The molecule has 4 heterocycles. The Morgan fingerprint density at radius 2 is 2.03 bits per heavy atom. The molecule has 0 saturated heterocycles. The Bertz CT molecular complexity index is 1480. The first-order chi connectivity index (χ1) is 17.6. The number of benzene rings is 2. The molecular formula is C28H24N6O2. The molecule has 3 N–H and O–H groups in total. The number of nitrogen functional groups attached to an aromatic ring is 1. The Morgan fingerprint density at radius 3 is 2.89 bits per heavy atom. The lowest BCUT2D eigenvalue weighted by molar-refractivity contribution is 0.0950. The quantitative estimate of drug-likeness (QED) is 0.451. The summed E-state index contributed by atoms with van der Waals surface area (Å²) in [7, 11) is 0. The van der Waals surface area contributed by atoms with E-state index >= 15 is 0 Å². The van der Waals surface area contributed by atoms with Gasteiger partial charge in [-0.25, -0.2) is 9.97 Å². The zero-order chi connectivity index (χ0) is 24.5. The van der Waals surface area contributed by atoms with E-state index in [1.165, 1.54) is 5.56 Å². The highest BCUT2D eigenvalue weighted by atomic mass is 16.5. The fraction of sp³-hybridized carbons (Fsp3) is 0.179. The minimum absolute atomic E-state index is 0.118. The molecule has 1 amide bonds. The number of rotatable bonds is 5. The molecular weight excluding hydrogens is 452 g/mol. The second-order valence-corrected chi connectivity index (χ2v) is 9.00. The SMILES string of the molecule is Nc1nccc(-c2ccc3c(c2)N=C(C2COc4ccc(C(=O)NCc5cccnc5)cc4C2)C3)n1. The number of ether oxygens (including phenoxy) is 1. The number of carbonyl (C=O) groups is 1. The summed E-state index contributed by atoms with van der Waals surface area (Å²) in [5, 5.41) is 2.96. The molecule has 1 unspecified atom stereocenters. The van der Waals surface area contributed by atoms with Crippen LogP contribution in [0.5, 0.6) is 5.75 Å². The van der Waals surface area contributed by atoms with Crippen molar-refractivity contribution in [1.82, 2.24) is 20.3 Å². The number of hydrogen-bond donors (Lipinski definition) is 2. The molecule has 0 radical (unpaired) electrons. The van der Waals surface area contributed by atoms with E-state index in [1.807, 2.05) is 48.5 Å². The lowest BCUT2D eigenvalue weighted by Gasteiger charge is -2.26. The molecule has 178 valence electrons. The molecule has 6 rings (SSSR count). The number of aliphatic imine (C=N–C) groups is 1. The summed E-state index contributed by atoms with van der Waals surface area (Å²) in [5.74, 6) is 1.11. The summed E-state index contributed by atoms with van der Waals surface area (Å²) in [4.78, 5) is 30.1. The van der Waals surface area contributed by atoms with Crippen LogP contribution >= 0.6 is 0 Å². The van der Waals surface area contributed by atoms with E-state index in [9.17, 15) is 4.79 Å². The average molecular weight is 477 g/mol. The van der Waals surface area contributed by atoms with Gasteiger partial charge in [0.05, 0.1) is 18.0 Å². The van der Waals surface area contributed by atoms with Gasteiger partial charge < -0.3 is 15.8 Å². The Labute approximate surface area is 208 Å². The summed E-state index contributed by atoms with van der Waals surface area (Å²) in [6, 6.07) is 17.4. The molecule has 0 fully saturated rings. The fourth-order valence-electron chi connectivity index (χ4n) is 4.67. The topological polar surface area (TPSA) is 115 Å². The number of fused-ring (bicyclic) bond motifs is 2. The third-order valence-corrected chi connectivity index (χ3v) is 6.57. The first kappa shape index (κ1) is 21.9. The van der Waals surface area contributed by atoms with Crippen LogP contribution in [0.4, 0.5) is 11.6 Å². The molecule has 2 aromatic heterocycles. The zero-order valence-electron chi connectivity index (χ0n) is 19.5. The maximum Gasteiger partial charge on any atom is 0.251 e. The van der Waals surface area contributed by atoms with Crippen molar-refractivity contribution in [3.63, 3.8) is 0 Å². The minimum Gasteiger partial charge on any atom is -0.493 e. The van der Waals surface area contributed by atoms with Gasteiger partial charge in [-0.05, 0) is 59.5 Å². The van der Waals surface area contributed by atoms with Gasteiger partial charge in [-0.1, -0.05) is 18.2 Å². The van der Waals surface area contributed by atoms with E-state index in [2.05, 4.69) is 26.3 Å². The van der Waals surface area contributed by atoms with Crippen molar-refractivity contribution in [2.24, 2.45) is 10.9 Å². The number of amides is 1. The van der Waals surface area contributed by atoms with Crippen molar-refractivity contribution in [2.75, 3.05) is 12.3 Å². The van der Waals surface area contributed by atoms with Crippen LogP contribution < -0.4 is 15.8 Å². The number of pyridine rings is 1. The first-order valence-electron chi connectivity index (χ1n) is 11.8. The van der Waals surface area contributed by atoms with E-state index < -0.39 is 0 Å². The largest absolute Gasteiger partial charge is 0.493 e. The van der Waals surface area contributed by atoms with Gasteiger partial charge in [0.2, 0.25) is 5.95 Å². The van der Waals surface area contributed by atoms with Crippen LogP contribution in [0.3, 0.4) is 0 Å². The number of hydrogen-bond acceptors (Lipinski definition) is 7. The van der Waals surface area contributed by atoms with Gasteiger partial charge in [-0.3, -0.25) is 14.8 Å². The van der Waals surface area contributed by atoms with Crippen LogP contribution in [-0.2, 0) is 19.4 Å². The summed E-state index contributed by atoms with van der Waals surface area (Å²) in [6.07, 6.45) is 6.69. The van der Waals surface area contributed by atoms with Crippen molar-refractivity contribution in [1.29, 1.82) is 0 Å². The second-order valence-electron chi connectivity index (χ2n) is 9.00. The Kier molecular flexibility index (Phi) is 5.61. The normalized spacial score (nSPS) is 15.9. The molecule has 0 aliphatic carbocycles. The third kappa shape index (κ3) is 4.40. The average Bonchev–Trinajstić information content (AvgIpc) is 3.35. The highest BCUT2D eigenvalue weighted by molar-refractivity contribution is 5.97. The third-order valence-electron chi connectivity index (χ3n) is 6.57. The van der Waals surface area contributed by atoms with Crippen LogP contribution in [0.2, 0.25) is 0 Å². The molecule has 8 nitrogen and oxygen atoms in total. The predicted molar refractivity (Wildman–Crippen MR) is 137 cm³/mol. The number of nitrogens with zero attached hydrogens (tertiary/aromatic N) is 4. The van der Waals surface area contributed by atoms with Gasteiger partial charge in [0.25, 0.3) is 5.91 Å². The zero-order valence-corrected chi connectivity index (χ0v) is 19.5. The van der Waals surface area contributed by atoms with Crippen LogP contribution in [-0.4, -0.2) is 33.2 Å². The predicted octanol–water partition coefficient (Wildman–Crippen LogP) is 3.93. The summed E-state index contributed by atoms with van der Waals surface area (Å²) in [5.41, 5.74) is 13.3. The molecule has 2 aliphatic rings. The number of aromatic nitrogens is 3. The van der Waals surface area contributed by atoms with Crippen molar-refractivity contribution in [2.45, 2.75) is 19.4 Å². The minimum atomic E-state index is -0.118. The Balaban J connectivity index is 1.17. The molecule has 8 heteroatoms. The molecule has 4 aromatic rings. The monoisotopic (exact) mass is 476 g/mol. The molecule has 36 heavy (non-hydrogen) atoms. The second kappa shape index (κ2) is 9.22. The summed E-state index contributed by atoms with van der Waals surface area (Å²) >= 11 is 0. The van der Waals surface area contributed by atoms with Crippen LogP contribution in [0, 0.1) is 5.92 Å². The van der Waals surface area contributed by atoms with Gasteiger partial charge in [-0.15, -0.1) is 0 Å². The van der Waals surface area contributed by atoms with Crippen molar-refractivity contribution in [3.05, 3.63) is 95.4 Å². The maximum absolute atomic E-state index is 12.7. The van der Waals surface area contributed by atoms with Gasteiger partial charge in [0.1, 0.15) is 5.75 Å². The lowest BCUT2D eigenvalue weighted by atomic mass is 9.89.